The maximum Gasteiger partial charge on any atom is 0.134 e. The zero-order valence-electron chi connectivity index (χ0n) is 9.70. The van der Waals surface area contributed by atoms with Crippen LogP contribution >= 0.6 is 0 Å². The lowest BCUT2D eigenvalue weighted by atomic mass is 9.95. The highest BCUT2D eigenvalue weighted by Gasteiger charge is 2.17. The molecule has 0 unspecified atom stereocenters. The zero-order valence-corrected chi connectivity index (χ0v) is 9.70. The molecule has 2 nitrogen and oxygen atoms in total. The fourth-order valence-electron chi connectivity index (χ4n) is 1.51. The molecule has 0 fully saturated rings. The summed E-state index contributed by atoms with van der Waals surface area (Å²) < 4.78 is 0. The normalized spacial score (nSPS) is 12.0. The van der Waals surface area contributed by atoms with Gasteiger partial charge in [0.05, 0.1) is 5.52 Å². The first-order valence-corrected chi connectivity index (χ1v) is 5.21. The molecular formula is C13H16N2. The summed E-state index contributed by atoms with van der Waals surface area (Å²) in [6, 6.07) is 6.26. The van der Waals surface area contributed by atoms with Crippen molar-refractivity contribution in [3.8, 4) is 0 Å². The van der Waals surface area contributed by atoms with E-state index in [9.17, 15) is 0 Å². The Bertz CT molecular complexity index is 495. The topological polar surface area (TPSA) is 25.8 Å². The van der Waals surface area contributed by atoms with Gasteiger partial charge >= 0.3 is 0 Å². The van der Waals surface area contributed by atoms with E-state index in [2.05, 4.69) is 55.9 Å². The van der Waals surface area contributed by atoms with Gasteiger partial charge in [-0.1, -0.05) is 32.4 Å². The predicted molar refractivity (Wildman–Crippen MR) is 63.0 cm³/mol. The highest BCUT2D eigenvalue weighted by atomic mass is 14.9. The van der Waals surface area contributed by atoms with E-state index >= 15 is 0 Å². The minimum Gasteiger partial charge on any atom is -0.240 e. The summed E-state index contributed by atoms with van der Waals surface area (Å²) in [6.45, 7) is 8.46. The van der Waals surface area contributed by atoms with Gasteiger partial charge in [-0.05, 0) is 19.1 Å². The standard InChI is InChI=1S/C13H16N2/c1-9-5-6-11-10(7-9)8-14-12(15-11)13(2,3)4/h5-8H,1-4H3. The summed E-state index contributed by atoms with van der Waals surface area (Å²) >= 11 is 0. The number of aromatic nitrogens is 2. The fourth-order valence-corrected chi connectivity index (χ4v) is 1.51. The van der Waals surface area contributed by atoms with Crippen molar-refractivity contribution in [2.24, 2.45) is 0 Å². The van der Waals surface area contributed by atoms with E-state index in [0.29, 0.717) is 0 Å². The average Bonchev–Trinajstić information content (AvgIpc) is 2.15. The minimum absolute atomic E-state index is 0.0130. The maximum absolute atomic E-state index is 4.58. The SMILES string of the molecule is Cc1ccc2nc(C(C)(C)C)ncc2c1. The van der Waals surface area contributed by atoms with Gasteiger partial charge in [-0.3, -0.25) is 0 Å². The molecule has 2 heteroatoms. The van der Waals surface area contributed by atoms with Crippen LogP contribution in [0.25, 0.3) is 10.9 Å². The number of nitrogens with zero attached hydrogens (tertiary/aromatic N) is 2. The van der Waals surface area contributed by atoms with Crippen LogP contribution in [0, 0.1) is 6.92 Å². The van der Waals surface area contributed by atoms with Gasteiger partial charge in [0.2, 0.25) is 0 Å². The summed E-state index contributed by atoms with van der Waals surface area (Å²) in [6.07, 6.45) is 1.91. The lowest BCUT2D eigenvalue weighted by Gasteiger charge is -2.16. The lowest BCUT2D eigenvalue weighted by molar-refractivity contribution is 0.548. The molecule has 0 aliphatic carbocycles. The van der Waals surface area contributed by atoms with Crippen LogP contribution in [0.4, 0.5) is 0 Å². The quantitative estimate of drug-likeness (QED) is 0.652. The third kappa shape index (κ3) is 1.99. The monoisotopic (exact) mass is 200 g/mol. The van der Waals surface area contributed by atoms with E-state index < -0.39 is 0 Å². The molecule has 0 saturated heterocycles. The van der Waals surface area contributed by atoms with Gasteiger partial charge in [0, 0.05) is 17.0 Å². The number of hydrogen-bond acceptors (Lipinski definition) is 2. The van der Waals surface area contributed by atoms with Crippen LogP contribution in [0.15, 0.2) is 24.4 Å². The Hall–Kier alpha value is -1.44. The number of benzene rings is 1. The van der Waals surface area contributed by atoms with Crippen molar-refractivity contribution >= 4 is 10.9 Å². The van der Waals surface area contributed by atoms with E-state index in [4.69, 9.17) is 0 Å². The number of rotatable bonds is 0. The Morgan fingerprint density at radius 1 is 1.13 bits per heavy atom. The number of fused-ring (bicyclic) bond motifs is 1. The molecular weight excluding hydrogens is 184 g/mol. The van der Waals surface area contributed by atoms with E-state index in [0.717, 1.165) is 16.7 Å². The molecule has 0 radical (unpaired) electrons. The van der Waals surface area contributed by atoms with Gasteiger partial charge in [0.1, 0.15) is 5.82 Å². The van der Waals surface area contributed by atoms with Crippen molar-refractivity contribution in [3.05, 3.63) is 35.8 Å². The third-order valence-corrected chi connectivity index (χ3v) is 2.41. The predicted octanol–water partition coefficient (Wildman–Crippen LogP) is 3.24. The first-order valence-electron chi connectivity index (χ1n) is 5.21. The molecule has 0 aliphatic heterocycles. The lowest BCUT2D eigenvalue weighted by Crippen LogP contribution is -2.15. The van der Waals surface area contributed by atoms with Crippen molar-refractivity contribution < 1.29 is 0 Å². The third-order valence-electron chi connectivity index (χ3n) is 2.41. The Labute approximate surface area is 90.4 Å². The van der Waals surface area contributed by atoms with Crippen LogP contribution in [-0.2, 0) is 5.41 Å². The van der Waals surface area contributed by atoms with Gasteiger partial charge in [0.15, 0.2) is 0 Å². The highest BCUT2D eigenvalue weighted by molar-refractivity contribution is 5.78. The molecule has 0 amide bonds. The molecule has 1 aromatic carbocycles. The summed E-state index contributed by atoms with van der Waals surface area (Å²) in [5.74, 6) is 0.902. The van der Waals surface area contributed by atoms with Crippen molar-refractivity contribution in [2.45, 2.75) is 33.1 Å². The molecule has 0 aliphatic rings. The zero-order chi connectivity index (χ0) is 11.1. The summed E-state index contributed by atoms with van der Waals surface area (Å²) in [5, 5.41) is 1.11. The largest absolute Gasteiger partial charge is 0.240 e. The van der Waals surface area contributed by atoms with E-state index in [1.54, 1.807) is 0 Å². The molecule has 0 atom stereocenters. The van der Waals surface area contributed by atoms with Gasteiger partial charge in [0.25, 0.3) is 0 Å². The molecule has 0 bridgehead atoms. The van der Waals surface area contributed by atoms with Crippen LogP contribution in [0.5, 0.6) is 0 Å². The first-order chi connectivity index (χ1) is 6.97. The average molecular weight is 200 g/mol. The second-order valence-corrected chi connectivity index (χ2v) is 5.01. The Kier molecular flexibility index (Phi) is 2.22. The van der Waals surface area contributed by atoms with Gasteiger partial charge < -0.3 is 0 Å². The van der Waals surface area contributed by atoms with Crippen LogP contribution < -0.4 is 0 Å². The van der Waals surface area contributed by atoms with Crippen LogP contribution in [-0.4, -0.2) is 9.97 Å². The van der Waals surface area contributed by atoms with Crippen molar-refractivity contribution in [2.75, 3.05) is 0 Å². The van der Waals surface area contributed by atoms with Crippen LogP contribution in [0.2, 0.25) is 0 Å². The summed E-state index contributed by atoms with van der Waals surface area (Å²) in [4.78, 5) is 8.98. The second-order valence-electron chi connectivity index (χ2n) is 5.01. The Balaban J connectivity index is 2.62. The van der Waals surface area contributed by atoms with Crippen molar-refractivity contribution in [3.63, 3.8) is 0 Å². The molecule has 0 saturated carbocycles. The van der Waals surface area contributed by atoms with E-state index in [1.165, 1.54) is 5.56 Å². The minimum atomic E-state index is 0.0130. The molecule has 15 heavy (non-hydrogen) atoms. The molecule has 1 aromatic heterocycles. The Morgan fingerprint density at radius 3 is 2.53 bits per heavy atom. The Morgan fingerprint density at radius 2 is 1.87 bits per heavy atom. The molecule has 78 valence electrons. The molecule has 1 heterocycles. The first kappa shape index (κ1) is 10.1. The van der Waals surface area contributed by atoms with E-state index in [-0.39, 0.29) is 5.41 Å². The van der Waals surface area contributed by atoms with Crippen LogP contribution in [0.1, 0.15) is 32.2 Å². The molecule has 0 spiro atoms. The summed E-state index contributed by atoms with van der Waals surface area (Å²) in [5.41, 5.74) is 2.29. The van der Waals surface area contributed by atoms with Crippen LogP contribution in [0.3, 0.4) is 0 Å². The fraction of sp³-hybridized carbons (Fsp3) is 0.385. The smallest absolute Gasteiger partial charge is 0.134 e. The summed E-state index contributed by atoms with van der Waals surface area (Å²) in [7, 11) is 0. The maximum atomic E-state index is 4.58. The van der Waals surface area contributed by atoms with Crippen molar-refractivity contribution in [1.82, 2.24) is 9.97 Å². The molecule has 2 aromatic rings. The molecule has 2 rings (SSSR count). The van der Waals surface area contributed by atoms with Gasteiger partial charge in [-0.2, -0.15) is 0 Å². The van der Waals surface area contributed by atoms with Crippen molar-refractivity contribution in [1.29, 1.82) is 0 Å². The van der Waals surface area contributed by atoms with Gasteiger partial charge in [-0.15, -0.1) is 0 Å². The molecule has 0 N–H and O–H groups in total. The second kappa shape index (κ2) is 3.30. The van der Waals surface area contributed by atoms with Gasteiger partial charge in [-0.25, -0.2) is 9.97 Å². The number of hydrogen-bond donors (Lipinski definition) is 0. The number of aryl methyl sites for hydroxylation is 1. The highest BCUT2D eigenvalue weighted by Crippen LogP contribution is 2.20. The van der Waals surface area contributed by atoms with E-state index in [1.807, 2.05) is 6.20 Å².